The molecule has 0 bridgehead atoms. The van der Waals surface area contributed by atoms with Crippen molar-refractivity contribution < 1.29 is 4.79 Å². The van der Waals surface area contributed by atoms with Crippen molar-refractivity contribution in [3.63, 3.8) is 0 Å². The predicted octanol–water partition coefficient (Wildman–Crippen LogP) is 3.23. The normalized spacial score (nSPS) is 22.0. The summed E-state index contributed by atoms with van der Waals surface area (Å²) in [4.78, 5) is 17.3. The highest BCUT2D eigenvalue weighted by molar-refractivity contribution is 5.95. The van der Waals surface area contributed by atoms with Crippen LogP contribution < -0.4 is 4.90 Å². The first-order valence-electron chi connectivity index (χ1n) is 8.88. The molecule has 118 valence electrons. The number of fused-ring (bicyclic) bond motifs is 1. The van der Waals surface area contributed by atoms with Crippen molar-refractivity contribution in [1.29, 1.82) is 0 Å². The maximum Gasteiger partial charge on any atom is 0.228 e. The second kappa shape index (κ2) is 5.69. The average molecular weight is 298 g/mol. The third-order valence-electron chi connectivity index (χ3n) is 5.62. The van der Waals surface area contributed by atoms with Crippen LogP contribution in [-0.4, -0.2) is 36.0 Å². The van der Waals surface area contributed by atoms with E-state index < -0.39 is 0 Å². The van der Waals surface area contributed by atoms with Gasteiger partial charge in [-0.1, -0.05) is 18.2 Å². The quantitative estimate of drug-likeness (QED) is 0.805. The van der Waals surface area contributed by atoms with Crippen molar-refractivity contribution in [1.82, 2.24) is 4.90 Å². The highest BCUT2D eigenvalue weighted by atomic mass is 16.2. The Hall–Kier alpha value is -1.35. The summed E-state index contributed by atoms with van der Waals surface area (Å²) in [6.45, 7) is 4.17. The van der Waals surface area contributed by atoms with Crippen molar-refractivity contribution in [2.24, 2.45) is 5.92 Å². The number of nitrogens with zero attached hydrogens (tertiary/aromatic N) is 2. The van der Waals surface area contributed by atoms with Crippen LogP contribution >= 0.6 is 0 Å². The molecule has 3 nitrogen and oxygen atoms in total. The van der Waals surface area contributed by atoms with Gasteiger partial charge in [-0.25, -0.2) is 0 Å². The van der Waals surface area contributed by atoms with Crippen LogP contribution in [0.2, 0.25) is 0 Å². The van der Waals surface area contributed by atoms with Crippen LogP contribution in [0.15, 0.2) is 24.3 Å². The number of para-hydroxylation sites is 1. The smallest absolute Gasteiger partial charge is 0.228 e. The SMILES string of the molecule is C[C@@H](C1CC1)N(CCC(=O)N1CCc2ccccc21)C1CC1. The number of rotatable bonds is 6. The predicted molar refractivity (Wildman–Crippen MR) is 89.0 cm³/mol. The minimum absolute atomic E-state index is 0.304. The molecule has 2 aliphatic carbocycles. The Labute approximate surface area is 133 Å². The van der Waals surface area contributed by atoms with Gasteiger partial charge < -0.3 is 4.90 Å². The van der Waals surface area contributed by atoms with Gasteiger partial charge in [-0.15, -0.1) is 0 Å². The molecule has 0 spiro atoms. The van der Waals surface area contributed by atoms with E-state index in [4.69, 9.17) is 0 Å². The van der Waals surface area contributed by atoms with Crippen LogP contribution in [-0.2, 0) is 11.2 Å². The fourth-order valence-corrected chi connectivity index (χ4v) is 3.93. The third kappa shape index (κ3) is 2.79. The number of amides is 1. The molecule has 0 saturated heterocycles. The molecule has 22 heavy (non-hydrogen) atoms. The highest BCUT2D eigenvalue weighted by Gasteiger charge is 2.39. The molecular formula is C19H26N2O. The lowest BCUT2D eigenvalue weighted by molar-refractivity contribution is -0.119. The number of carbonyl (C=O) groups excluding carboxylic acids is 1. The van der Waals surface area contributed by atoms with Crippen molar-refractivity contribution in [3.8, 4) is 0 Å². The first kappa shape index (κ1) is 14.3. The van der Waals surface area contributed by atoms with E-state index in [1.54, 1.807) is 0 Å². The minimum Gasteiger partial charge on any atom is -0.312 e. The summed E-state index contributed by atoms with van der Waals surface area (Å²) >= 11 is 0. The van der Waals surface area contributed by atoms with Gasteiger partial charge in [-0.05, 0) is 56.6 Å². The van der Waals surface area contributed by atoms with Crippen LogP contribution in [0.3, 0.4) is 0 Å². The maximum atomic E-state index is 12.7. The standard InChI is InChI=1S/C19H26N2O/c1-14(15-6-7-15)20(17-8-9-17)13-11-19(22)21-12-10-16-4-2-3-5-18(16)21/h2-5,14-15,17H,6-13H2,1H3/t14-/m0/s1. The molecule has 0 radical (unpaired) electrons. The van der Waals surface area contributed by atoms with Crippen LogP contribution in [0.5, 0.6) is 0 Å². The molecule has 2 saturated carbocycles. The molecule has 1 aromatic rings. The largest absolute Gasteiger partial charge is 0.312 e. The van der Waals surface area contributed by atoms with Gasteiger partial charge in [0.15, 0.2) is 0 Å². The monoisotopic (exact) mass is 298 g/mol. The molecule has 1 amide bonds. The summed E-state index contributed by atoms with van der Waals surface area (Å²) < 4.78 is 0. The van der Waals surface area contributed by atoms with Gasteiger partial charge in [-0.3, -0.25) is 9.69 Å². The van der Waals surface area contributed by atoms with E-state index >= 15 is 0 Å². The van der Waals surface area contributed by atoms with E-state index in [-0.39, 0.29) is 0 Å². The first-order valence-corrected chi connectivity index (χ1v) is 8.88. The van der Waals surface area contributed by atoms with Crippen molar-refractivity contribution >= 4 is 11.6 Å². The molecule has 0 unspecified atom stereocenters. The third-order valence-corrected chi connectivity index (χ3v) is 5.62. The van der Waals surface area contributed by atoms with Gasteiger partial charge in [0.25, 0.3) is 0 Å². The summed E-state index contributed by atoms with van der Waals surface area (Å²) in [7, 11) is 0. The van der Waals surface area contributed by atoms with E-state index in [2.05, 4.69) is 30.0 Å². The molecule has 2 fully saturated rings. The van der Waals surface area contributed by atoms with Crippen LogP contribution in [0.1, 0.15) is 44.6 Å². The zero-order valence-electron chi connectivity index (χ0n) is 13.5. The van der Waals surface area contributed by atoms with Crippen molar-refractivity contribution in [3.05, 3.63) is 29.8 Å². The van der Waals surface area contributed by atoms with Crippen LogP contribution in [0.25, 0.3) is 0 Å². The van der Waals surface area contributed by atoms with E-state index in [0.717, 1.165) is 37.2 Å². The Bertz CT molecular complexity index is 562. The van der Waals surface area contributed by atoms with Crippen LogP contribution in [0.4, 0.5) is 5.69 Å². The molecule has 3 heteroatoms. The summed E-state index contributed by atoms with van der Waals surface area (Å²) in [5.74, 6) is 1.20. The summed E-state index contributed by atoms with van der Waals surface area (Å²) in [5.41, 5.74) is 2.46. The minimum atomic E-state index is 0.304. The Balaban J connectivity index is 1.38. The average Bonchev–Trinajstić information content (AvgIpc) is 3.43. The first-order chi connectivity index (χ1) is 10.7. The van der Waals surface area contributed by atoms with Gasteiger partial charge in [0.2, 0.25) is 5.91 Å². The molecule has 1 aliphatic heterocycles. The molecule has 4 rings (SSSR count). The van der Waals surface area contributed by atoms with Gasteiger partial charge in [-0.2, -0.15) is 0 Å². The fourth-order valence-electron chi connectivity index (χ4n) is 3.93. The van der Waals surface area contributed by atoms with Gasteiger partial charge >= 0.3 is 0 Å². The number of benzene rings is 1. The molecular weight excluding hydrogens is 272 g/mol. The number of hydrogen-bond donors (Lipinski definition) is 0. The fraction of sp³-hybridized carbons (Fsp3) is 0.632. The second-order valence-electron chi connectivity index (χ2n) is 7.22. The Morgan fingerprint density at radius 3 is 2.77 bits per heavy atom. The molecule has 1 aromatic carbocycles. The molecule has 0 N–H and O–H groups in total. The second-order valence-corrected chi connectivity index (χ2v) is 7.22. The lowest BCUT2D eigenvalue weighted by Crippen LogP contribution is -2.40. The lowest BCUT2D eigenvalue weighted by atomic mass is 10.1. The van der Waals surface area contributed by atoms with E-state index in [9.17, 15) is 4.79 Å². The molecule has 1 heterocycles. The van der Waals surface area contributed by atoms with Crippen LogP contribution in [0, 0.1) is 5.92 Å². The number of hydrogen-bond acceptors (Lipinski definition) is 2. The topological polar surface area (TPSA) is 23.6 Å². The van der Waals surface area contributed by atoms with Gasteiger partial charge in [0.05, 0.1) is 0 Å². The highest BCUT2D eigenvalue weighted by Crippen LogP contribution is 2.39. The zero-order valence-corrected chi connectivity index (χ0v) is 13.5. The molecule has 3 aliphatic rings. The lowest BCUT2D eigenvalue weighted by Gasteiger charge is -2.29. The maximum absolute atomic E-state index is 12.7. The van der Waals surface area contributed by atoms with Gasteiger partial charge in [0.1, 0.15) is 0 Å². The van der Waals surface area contributed by atoms with E-state index in [1.807, 2.05) is 11.0 Å². The summed E-state index contributed by atoms with van der Waals surface area (Å²) in [6.07, 6.45) is 7.11. The number of carbonyl (C=O) groups is 1. The summed E-state index contributed by atoms with van der Waals surface area (Å²) in [5, 5.41) is 0. The Morgan fingerprint density at radius 2 is 2.05 bits per heavy atom. The molecule has 0 aromatic heterocycles. The van der Waals surface area contributed by atoms with Gasteiger partial charge in [0, 0.05) is 37.3 Å². The molecule has 1 atom stereocenters. The van der Waals surface area contributed by atoms with Crippen molar-refractivity contribution in [2.45, 2.75) is 57.5 Å². The zero-order chi connectivity index (χ0) is 15.1. The van der Waals surface area contributed by atoms with E-state index in [1.165, 1.54) is 31.2 Å². The summed E-state index contributed by atoms with van der Waals surface area (Å²) in [6, 6.07) is 9.77. The van der Waals surface area contributed by atoms with E-state index in [0.29, 0.717) is 18.4 Å². The van der Waals surface area contributed by atoms with Crippen molar-refractivity contribution in [2.75, 3.05) is 18.0 Å². The Morgan fingerprint density at radius 1 is 1.27 bits per heavy atom. The Kier molecular flexibility index (Phi) is 3.69. The number of anilines is 1.